The van der Waals surface area contributed by atoms with Gasteiger partial charge in [0.15, 0.2) is 0 Å². The summed E-state index contributed by atoms with van der Waals surface area (Å²) < 4.78 is 0. The molecule has 0 aliphatic carbocycles. The van der Waals surface area contributed by atoms with Gasteiger partial charge >= 0.3 is 0 Å². The summed E-state index contributed by atoms with van der Waals surface area (Å²) in [6, 6.07) is 19.0. The van der Waals surface area contributed by atoms with E-state index >= 15 is 0 Å². The molecule has 1 N–H and O–H groups in total. The Morgan fingerprint density at radius 1 is 1.08 bits per heavy atom. The van der Waals surface area contributed by atoms with E-state index in [-0.39, 0.29) is 11.8 Å². The van der Waals surface area contributed by atoms with Crippen molar-refractivity contribution >= 4 is 29.3 Å². The van der Waals surface area contributed by atoms with E-state index in [1.54, 1.807) is 11.8 Å². The number of thioether (sulfide) groups is 1. The Kier molecular flexibility index (Phi) is 3.81. The number of amides is 2. The first-order chi connectivity index (χ1) is 11.7. The third-order valence-electron chi connectivity index (χ3n) is 4.70. The Labute approximate surface area is 145 Å². The minimum Gasteiger partial charge on any atom is -0.324 e. The second kappa shape index (κ2) is 5.98. The first-order valence-electron chi connectivity index (χ1n) is 8.08. The van der Waals surface area contributed by atoms with Crippen LogP contribution in [0.4, 0.5) is 5.69 Å². The number of benzene rings is 2. The van der Waals surface area contributed by atoms with Gasteiger partial charge in [0.25, 0.3) is 0 Å². The van der Waals surface area contributed by atoms with Crippen LogP contribution in [0, 0.1) is 0 Å². The zero-order chi connectivity index (χ0) is 16.6. The molecule has 2 aromatic rings. The number of rotatable bonds is 3. The van der Waals surface area contributed by atoms with Crippen molar-refractivity contribution in [1.29, 1.82) is 0 Å². The van der Waals surface area contributed by atoms with Crippen LogP contribution in [0.2, 0.25) is 0 Å². The standard InChI is InChI=1S/C19H18N2O2S/c22-17-11-12-19(14-7-3-1-4-8-14)21(17)16(13-24-19)18(23)20-15-9-5-2-6-10-15/h1-10,16H,11-13H2,(H,20,23)/t16-,19-/m0/s1. The lowest BCUT2D eigenvalue weighted by Gasteiger charge is -2.34. The molecule has 2 heterocycles. The maximum absolute atomic E-state index is 12.8. The molecule has 2 amide bonds. The number of nitrogens with one attached hydrogen (secondary N) is 1. The van der Waals surface area contributed by atoms with Gasteiger partial charge in [-0.25, -0.2) is 0 Å². The zero-order valence-corrected chi connectivity index (χ0v) is 14.0. The van der Waals surface area contributed by atoms with E-state index in [0.29, 0.717) is 12.2 Å². The molecule has 122 valence electrons. The summed E-state index contributed by atoms with van der Waals surface area (Å²) >= 11 is 1.71. The van der Waals surface area contributed by atoms with Crippen molar-refractivity contribution in [2.45, 2.75) is 23.8 Å². The molecule has 0 spiro atoms. The van der Waals surface area contributed by atoms with E-state index in [9.17, 15) is 9.59 Å². The molecule has 2 saturated heterocycles. The quantitative estimate of drug-likeness (QED) is 0.935. The van der Waals surface area contributed by atoms with Gasteiger partial charge in [-0.05, 0) is 24.1 Å². The molecule has 2 aromatic carbocycles. The number of anilines is 1. The highest BCUT2D eigenvalue weighted by molar-refractivity contribution is 8.00. The molecule has 2 atom stereocenters. The summed E-state index contributed by atoms with van der Waals surface area (Å²) in [7, 11) is 0. The van der Waals surface area contributed by atoms with Crippen molar-refractivity contribution in [2.75, 3.05) is 11.1 Å². The van der Waals surface area contributed by atoms with Crippen molar-refractivity contribution in [3.8, 4) is 0 Å². The molecule has 4 nitrogen and oxygen atoms in total. The second-order valence-electron chi connectivity index (χ2n) is 6.10. The van der Waals surface area contributed by atoms with Crippen molar-refractivity contribution in [3.63, 3.8) is 0 Å². The normalized spacial score (nSPS) is 25.6. The molecule has 2 aliphatic rings. The Hall–Kier alpha value is -2.27. The minimum atomic E-state index is -0.426. The summed E-state index contributed by atoms with van der Waals surface area (Å²) in [5.41, 5.74) is 1.87. The zero-order valence-electron chi connectivity index (χ0n) is 13.1. The van der Waals surface area contributed by atoms with Crippen LogP contribution in [0.3, 0.4) is 0 Å². The van der Waals surface area contributed by atoms with Gasteiger partial charge in [-0.3, -0.25) is 9.59 Å². The number of hydrogen-bond donors (Lipinski definition) is 1. The molecule has 4 rings (SSSR count). The Bertz CT molecular complexity index is 765. The van der Waals surface area contributed by atoms with Gasteiger partial charge in [-0.1, -0.05) is 48.5 Å². The largest absolute Gasteiger partial charge is 0.324 e. The fourth-order valence-corrected chi connectivity index (χ4v) is 5.23. The van der Waals surface area contributed by atoms with Gasteiger partial charge in [-0.15, -0.1) is 11.8 Å². The van der Waals surface area contributed by atoms with Crippen molar-refractivity contribution in [1.82, 2.24) is 4.90 Å². The number of carbonyl (C=O) groups excluding carboxylic acids is 2. The van der Waals surface area contributed by atoms with Gasteiger partial charge in [0, 0.05) is 17.9 Å². The average Bonchev–Trinajstić information content (AvgIpc) is 3.16. The maximum Gasteiger partial charge on any atom is 0.248 e. The molecular weight excluding hydrogens is 320 g/mol. The molecule has 2 fully saturated rings. The molecule has 24 heavy (non-hydrogen) atoms. The van der Waals surface area contributed by atoms with Crippen LogP contribution >= 0.6 is 11.8 Å². The van der Waals surface area contributed by atoms with Gasteiger partial charge in [0.1, 0.15) is 10.9 Å². The molecular formula is C19H18N2O2S. The first kappa shape index (κ1) is 15.3. The Balaban J connectivity index is 1.62. The summed E-state index contributed by atoms with van der Waals surface area (Å²) in [6.07, 6.45) is 1.26. The van der Waals surface area contributed by atoms with Crippen LogP contribution in [0.15, 0.2) is 60.7 Å². The minimum absolute atomic E-state index is 0.0667. The lowest BCUT2D eigenvalue weighted by atomic mass is 10.0. The highest BCUT2D eigenvalue weighted by Gasteiger charge is 2.56. The smallest absolute Gasteiger partial charge is 0.248 e. The van der Waals surface area contributed by atoms with Gasteiger partial charge in [0.05, 0.1) is 0 Å². The molecule has 0 radical (unpaired) electrons. The van der Waals surface area contributed by atoms with E-state index in [0.717, 1.165) is 17.7 Å². The molecule has 0 saturated carbocycles. The third kappa shape index (κ3) is 2.40. The van der Waals surface area contributed by atoms with E-state index in [1.807, 2.05) is 53.4 Å². The van der Waals surface area contributed by atoms with Crippen LogP contribution in [0.5, 0.6) is 0 Å². The van der Waals surface area contributed by atoms with E-state index in [4.69, 9.17) is 0 Å². The Morgan fingerprint density at radius 2 is 1.75 bits per heavy atom. The van der Waals surface area contributed by atoms with E-state index in [2.05, 4.69) is 17.4 Å². The number of carbonyl (C=O) groups is 2. The summed E-state index contributed by atoms with van der Waals surface area (Å²) in [6.45, 7) is 0. The van der Waals surface area contributed by atoms with E-state index in [1.165, 1.54) is 0 Å². The number of para-hydroxylation sites is 1. The molecule has 2 aliphatic heterocycles. The SMILES string of the molecule is O=C(Nc1ccccc1)[C@@H]1CS[C@]2(c3ccccc3)CCC(=O)N12. The second-order valence-corrected chi connectivity index (χ2v) is 7.39. The van der Waals surface area contributed by atoms with Crippen molar-refractivity contribution in [3.05, 3.63) is 66.2 Å². The lowest BCUT2D eigenvalue weighted by Crippen LogP contribution is -2.48. The third-order valence-corrected chi connectivity index (χ3v) is 6.29. The highest BCUT2D eigenvalue weighted by atomic mass is 32.2. The van der Waals surface area contributed by atoms with Crippen LogP contribution in [-0.4, -0.2) is 28.5 Å². The predicted octanol–water partition coefficient (Wildman–Crippen LogP) is 3.22. The van der Waals surface area contributed by atoms with E-state index < -0.39 is 10.9 Å². The monoisotopic (exact) mass is 338 g/mol. The van der Waals surface area contributed by atoms with Gasteiger partial charge in [-0.2, -0.15) is 0 Å². The van der Waals surface area contributed by atoms with Crippen LogP contribution in [-0.2, 0) is 14.5 Å². The number of hydrogen-bond acceptors (Lipinski definition) is 3. The van der Waals surface area contributed by atoms with Crippen LogP contribution < -0.4 is 5.32 Å². The number of fused-ring (bicyclic) bond motifs is 1. The Morgan fingerprint density at radius 3 is 2.46 bits per heavy atom. The van der Waals surface area contributed by atoms with Crippen LogP contribution in [0.1, 0.15) is 18.4 Å². The summed E-state index contributed by atoms with van der Waals surface area (Å²) in [5.74, 6) is 0.582. The van der Waals surface area contributed by atoms with Crippen molar-refractivity contribution in [2.24, 2.45) is 0 Å². The van der Waals surface area contributed by atoms with Gasteiger partial charge in [0.2, 0.25) is 11.8 Å². The fraction of sp³-hybridized carbons (Fsp3) is 0.263. The topological polar surface area (TPSA) is 49.4 Å². The van der Waals surface area contributed by atoms with Crippen molar-refractivity contribution < 1.29 is 9.59 Å². The maximum atomic E-state index is 12.8. The molecule has 5 heteroatoms. The average molecular weight is 338 g/mol. The van der Waals surface area contributed by atoms with Gasteiger partial charge < -0.3 is 10.2 Å². The molecule has 0 bridgehead atoms. The van der Waals surface area contributed by atoms with Crippen LogP contribution in [0.25, 0.3) is 0 Å². The highest BCUT2D eigenvalue weighted by Crippen LogP contribution is 2.54. The fourth-order valence-electron chi connectivity index (χ4n) is 3.58. The first-order valence-corrected chi connectivity index (χ1v) is 9.07. The molecule has 0 aromatic heterocycles. The molecule has 0 unspecified atom stereocenters. The lowest BCUT2D eigenvalue weighted by molar-refractivity contribution is -0.136. The number of nitrogens with zero attached hydrogens (tertiary/aromatic N) is 1. The summed E-state index contributed by atoms with van der Waals surface area (Å²) in [5, 5.41) is 2.94. The summed E-state index contributed by atoms with van der Waals surface area (Å²) in [4.78, 5) is 26.7. The predicted molar refractivity (Wildman–Crippen MR) is 95.5 cm³/mol.